The van der Waals surface area contributed by atoms with E-state index >= 15 is 0 Å². The summed E-state index contributed by atoms with van der Waals surface area (Å²) in [6.45, 7) is 4.16. The number of fused-ring (bicyclic) bond motifs is 1. The Hall–Kier alpha value is -2.45. The van der Waals surface area contributed by atoms with Crippen molar-refractivity contribution in [3.05, 3.63) is 48.4 Å². The van der Waals surface area contributed by atoms with Gasteiger partial charge >= 0.3 is 0 Å². The quantitative estimate of drug-likeness (QED) is 0.729. The minimum Gasteiger partial charge on any atom is -0.381 e. The van der Waals surface area contributed by atoms with Crippen LogP contribution in [0, 0.1) is 12.8 Å². The average molecular weight is 386 g/mol. The molecular formula is C19H22N4O3S. The van der Waals surface area contributed by atoms with Crippen LogP contribution >= 0.6 is 0 Å². The van der Waals surface area contributed by atoms with E-state index in [2.05, 4.69) is 14.8 Å². The van der Waals surface area contributed by atoms with E-state index in [1.807, 2.05) is 25.1 Å². The van der Waals surface area contributed by atoms with Gasteiger partial charge < -0.3 is 4.74 Å². The van der Waals surface area contributed by atoms with Crippen LogP contribution in [-0.4, -0.2) is 36.4 Å². The molecule has 142 valence electrons. The SMILES string of the molecule is Cc1ccc2cccc(S(=O)(=O)Nc3cnn(CC4CCOCC4)c3)c2n1. The van der Waals surface area contributed by atoms with E-state index in [9.17, 15) is 8.42 Å². The third kappa shape index (κ3) is 3.96. The fraction of sp³-hybridized carbons (Fsp3) is 0.368. The normalized spacial score (nSPS) is 15.9. The Balaban J connectivity index is 1.56. The summed E-state index contributed by atoms with van der Waals surface area (Å²) in [5.74, 6) is 0.508. The Morgan fingerprint density at radius 3 is 2.85 bits per heavy atom. The molecule has 27 heavy (non-hydrogen) atoms. The maximum atomic E-state index is 12.9. The lowest BCUT2D eigenvalue weighted by molar-refractivity contribution is 0.0601. The lowest BCUT2D eigenvalue weighted by atomic mass is 10.0. The number of ether oxygens (including phenoxy) is 1. The predicted octanol–water partition coefficient (Wildman–Crippen LogP) is 2.97. The number of hydrogen-bond donors (Lipinski definition) is 1. The molecule has 1 aliphatic heterocycles. The number of sulfonamides is 1. The van der Waals surface area contributed by atoms with E-state index in [0.29, 0.717) is 17.1 Å². The summed E-state index contributed by atoms with van der Waals surface area (Å²) in [7, 11) is -3.76. The summed E-state index contributed by atoms with van der Waals surface area (Å²) < 4.78 is 35.6. The van der Waals surface area contributed by atoms with E-state index in [0.717, 1.165) is 43.7 Å². The Labute approximate surface area is 158 Å². The first-order valence-electron chi connectivity index (χ1n) is 9.01. The third-order valence-corrected chi connectivity index (χ3v) is 6.20. The predicted molar refractivity (Wildman–Crippen MR) is 103 cm³/mol. The molecule has 0 amide bonds. The largest absolute Gasteiger partial charge is 0.381 e. The molecule has 0 atom stereocenters. The second-order valence-electron chi connectivity index (χ2n) is 6.89. The topological polar surface area (TPSA) is 86.1 Å². The number of hydrogen-bond acceptors (Lipinski definition) is 5. The second kappa shape index (κ2) is 7.28. The first kappa shape index (κ1) is 17.9. The van der Waals surface area contributed by atoms with Gasteiger partial charge in [-0.2, -0.15) is 5.10 Å². The van der Waals surface area contributed by atoms with Crippen molar-refractivity contribution in [2.45, 2.75) is 31.2 Å². The van der Waals surface area contributed by atoms with Crippen molar-refractivity contribution in [3.8, 4) is 0 Å². The number of nitrogens with one attached hydrogen (secondary N) is 1. The van der Waals surface area contributed by atoms with Crippen molar-refractivity contribution in [2.75, 3.05) is 17.9 Å². The van der Waals surface area contributed by atoms with Gasteiger partial charge in [0.15, 0.2) is 0 Å². The Morgan fingerprint density at radius 1 is 1.22 bits per heavy atom. The Morgan fingerprint density at radius 2 is 2.04 bits per heavy atom. The standard InChI is InChI=1S/C19H22N4O3S/c1-14-5-6-16-3-2-4-18(19(16)21-14)27(24,25)22-17-11-20-23(13-17)12-15-7-9-26-10-8-15/h2-6,11,13,15,22H,7-10,12H2,1H3. The van der Waals surface area contributed by atoms with Gasteiger partial charge in [-0.05, 0) is 37.8 Å². The van der Waals surface area contributed by atoms with Crippen molar-refractivity contribution >= 4 is 26.6 Å². The molecule has 1 saturated heterocycles. The Bertz CT molecular complexity index is 1060. The van der Waals surface area contributed by atoms with Crippen LogP contribution in [0.3, 0.4) is 0 Å². The molecule has 0 spiro atoms. The zero-order valence-corrected chi connectivity index (χ0v) is 15.9. The minimum absolute atomic E-state index is 0.167. The molecule has 0 radical (unpaired) electrons. The molecule has 1 aliphatic rings. The molecule has 3 heterocycles. The highest BCUT2D eigenvalue weighted by Gasteiger charge is 2.20. The second-order valence-corrected chi connectivity index (χ2v) is 8.54. The molecule has 7 nitrogen and oxygen atoms in total. The van der Waals surface area contributed by atoms with Gasteiger partial charge in [-0.25, -0.2) is 8.42 Å². The molecule has 0 unspecified atom stereocenters. The zero-order valence-electron chi connectivity index (χ0n) is 15.1. The summed E-state index contributed by atoms with van der Waals surface area (Å²) in [5, 5.41) is 5.09. The number of aromatic nitrogens is 3. The molecule has 8 heteroatoms. The van der Waals surface area contributed by atoms with Gasteiger partial charge in [0.05, 0.1) is 17.4 Å². The molecule has 3 aromatic rings. The molecule has 2 aromatic heterocycles. The highest BCUT2D eigenvalue weighted by atomic mass is 32.2. The lowest BCUT2D eigenvalue weighted by Crippen LogP contribution is -2.20. The van der Waals surface area contributed by atoms with E-state index in [4.69, 9.17) is 4.74 Å². The molecule has 4 rings (SSSR count). The maximum absolute atomic E-state index is 12.9. The molecule has 0 aliphatic carbocycles. The van der Waals surface area contributed by atoms with Gasteiger partial charge in [0.25, 0.3) is 10.0 Å². The van der Waals surface area contributed by atoms with Crippen molar-refractivity contribution in [3.63, 3.8) is 0 Å². The summed E-state index contributed by atoms with van der Waals surface area (Å²) in [6.07, 6.45) is 5.28. The lowest BCUT2D eigenvalue weighted by Gasteiger charge is -2.21. The van der Waals surface area contributed by atoms with Crippen LogP contribution in [0.5, 0.6) is 0 Å². The summed E-state index contributed by atoms with van der Waals surface area (Å²) in [5.41, 5.74) is 1.70. The van der Waals surface area contributed by atoms with Crippen LogP contribution in [0.4, 0.5) is 5.69 Å². The van der Waals surface area contributed by atoms with E-state index in [1.165, 1.54) is 0 Å². The fourth-order valence-corrected chi connectivity index (χ4v) is 4.56. The van der Waals surface area contributed by atoms with Gasteiger partial charge in [0, 0.05) is 37.0 Å². The average Bonchev–Trinajstić information content (AvgIpc) is 3.08. The van der Waals surface area contributed by atoms with E-state index in [-0.39, 0.29) is 4.90 Å². The van der Waals surface area contributed by atoms with Crippen molar-refractivity contribution in [1.29, 1.82) is 0 Å². The molecule has 0 saturated carbocycles. The number of pyridine rings is 1. The summed E-state index contributed by atoms with van der Waals surface area (Å²) in [4.78, 5) is 4.58. The van der Waals surface area contributed by atoms with Gasteiger partial charge in [-0.3, -0.25) is 14.4 Å². The van der Waals surface area contributed by atoms with Crippen molar-refractivity contribution in [1.82, 2.24) is 14.8 Å². The third-order valence-electron chi connectivity index (χ3n) is 4.78. The van der Waals surface area contributed by atoms with Crippen LogP contribution in [0.25, 0.3) is 10.9 Å². The van der Waals surface area contributed by atoms with Crippen molar-refractivity contribution in [2.24, 2.45) is 5.92 Å². The van der Waals surface area contributed by atoms with Gasteiger partial charge in [0.1, 0.15) is 4.90 Å². The van der Waals surface area contributed by atoms with Crippen LogP contribution in [0.15, 0.2) is 47.6 Å². The highest BCUT2D eigenvalue weighted by Crippen LogP contribution is 2.24. The Kier molecular flexibility index (Phi) is 4.84. The molecule has 1 aromatic carbocycles. The number of benzene rings is 1. The van der Waals surface area contributed by atoms with Crippen LogP contribution in [-0.2, 0) is 21.3 Å². The van der Waals surface area contributed by atoms with E-state index < -0.39 is 10.0 Å². The zero-order chi connectivity index (χ0) is 18.9. The van der Waals surface area contributed by atoms with Gasteiger partial charge in [-0.1, -0.05) is 18.2 Å². The number of para-hydroxylation sites is 1. The smallest absolute Gasteiger partial charge is 0.264 e. The monoisotopic (exact) mass is 386 g/mol. The first-order chi connectivity index (χ1) is 13.0. The van der Waals surface area contributed by atoms with Gasteiger partial charge in [-0.15, -0.1) is 0 Å². The van der Waals surface area contributed by atoms with Crippen LogP contribution in [0.2, 0.25) is 0 Å². The number of aryl methyl sites for hydroxylation is 1. The summed E-state index contributed by atoms with van der Waals surface area (Å²) in [6, 6.07) is 8.90. The van der Waals surface area contributed by atoms with Crippen molar-refractivity contribution < 1.29 is 13.2 Å². The summed E-state index contributed by atoms with van der Waals surface area (Å²) >= 11 is 0. The maximum Gasteiger partial charge on any atom is 0.264 e. The van der Waals surface area contributed by atoms with E-state index in [1.54, 1.807) is 29.2 Å². The van der Waals surface area contributed by atoms with Crippen LogP contribution < -0.4 is 4.72 Å². The molecule has 0 bridgehead atoms. The highest BCUT2D eigenvalue weighted by molar-refractivity contribution is 7.93. The number of anilines is 1. The van der Waals surface area contributed by atoms with Crippen LogP contribution in [0.1, 0.15) is 18.5 Å². The first-order valence-corrected chi connectivity index (χ1v) is 10.5. The molecular weight excluding hydrogens is 364 g/mol. The number of rotatable bonds is 5. The molecule has 1 fully saturated rings. The number of nitrogens with zero attached hydrogens (tertiary/aromatic N) is 3. The minimum atomic E-state index is -3.76. The fourth-order valence-electron chi connectivity index (χ4n) is 3.35. The molecule has 1 N–H and O–H groups in total. The van der Waals surface area contributed by atoms with Gasteiger partial charge in [0.2, 0.25) is 0 Å².